The minimum Gasteiger partial charge on any atom is -0.345 e. The third-order valence-electron chi connectivity index (χ3n) is 3.62. The fraction of sp³-hybridized carbons (Fsp3) is 0.438. The molecule has 1 aromatic carbocycles. The van der Waals surface area contributed by atoms with Gasteiger partial charge < -0.3 is 14.0 Å². The number of ether oxygens (including phenoxy) is 2. The van der Waals surface area contributed by atoms with Crippen molar-refractivity contribution in [2.24, 2.45) is 0 Å². The minimum atomic E-state index is -0.532. The lowest BCUT2D eigenvalue weighted by Gasteiger charge is -2.28. The van der Waals surface area contributed by atoms with Gasteiger partial charge in [0.1, 0.15) is 0 Å². The molecular weight excluding hydrogens is 252 g/mol. The van der Waals surface area contributed by atoms with Gasteiger partial charge in [-0.05, 0) is 18.9 Å². The van der Waals surface area contributed by atoms with E-state index in [-0.39, 0.29) is 6.10 Å². The van der Waals surface area contributed by atoms with Gasteiger partial charge in [-0.25, -0.2) is 4.98 Å². The number of rotatable bonds is 5. The van der Waals surface area contributed by atoms with Crippen LogP contribution in [0.3, 0.4) is 0 Å². The predicted molar refractivity (Wildman–Crippen MR) is 76.2 cm³/mol. The second-order valence-corrected chi connectivity index (χ2v) is 5.37. The molecule has 4 heteroatoms. The molecule has 0 saturated carbocycles. The zero-order valence-corrected chi connectivity index (χ0v) is 11.7. The summed E-state index contributed by atoms with van der Waals surface area (Å²) in [6.45, 7) is 3.39. The molecule has 2 heterocycles. The molecular formula is C16H20N2O2. The smallest absolute Gasteiger partial charge is 0.187 e. The summed E-state index contributed by atoms with van der Waals surface area (Å²) in [5.41, 5.74) is 1.31. The molecule has 3 rings (SSSR count). The zero-order chi connectivity index (χ0) is 13.8. The van der Waals surface area contributed by atoms with Crippen molar-refractivity contribution in [2.45, 2.75) is 38.2 Å². The lowest BCUT2D eigenvalue weighted by molar-refractivity contribution is -0.180. The fourth-order valence-electron chi connectivity index (χ4n) is 2.63. The number of nitrogens with zero attached hydrogens (tertiary/aromatic N) is 2. The second kappa shape index (κ2) is 5.77. The first-order chi connectivity index (χ1) is 9.76. The molecule has 1 aliphatic heterocycles. The van der Waals surface area contributed by atoms with Crippen LogP contribution >= 0.6 is 0 Å². The van der Waals surface area contributed by atoms with E-state index in [1.807, 2.05) is 16.8 Å². The van der Waals surface area contributed by atoms with E-state index in [1.165, 1.54) is 5.56 Å². The maximum Gasteiger partial charge on any atom is 0.187 e. The van der Waals surface area contributed by atoms with Crippen molar-refractivity contribution >= 4 is 0 Å². The molecule has 0 aliphatic carbocycles. The van der Waals surface area contributed by atoms with Crippen LogP contribution in [0.2, 0.25) is 0 Å². The topological polar surface area (TPSA) is 36.3 Å². The Balaban J connectivity index is 1.70. The van der Waals surface area contributed by atoms with Crippen LogP contribution in [0, 0.1) is 0 Å². The van der Waals surface area contributed by atoms with Crippen molar-refractivity contribution in [1.82, 2.24) is 9.55 Å². The summed E-state index contributed by atoms with van der Waals surface area (Å²) in [7, 11) is 0. The van der Waals surface area contributed by atoms with Crippen molar-refractivity contribution in [3.05, 3.63) is 54.6 Å². The monoisotopic (exact) mass is 272 g/mol. The van der Waals surface area contributed by atoms with E-state index in [0.717, 1.165) is 12.8 Å². The standard InChI is InChI=1S/C16H20N2O2/c1-14-11-19-16(20-14,12-18-10-9-17-13-18)8-7-15-5-3-2-4-6-15/h2-6,9-10,13-14H,7-8,11-12H2,1H3/t14-,16-/m1/s1. The van der Waals surface area contributed by atoms with Crippen LogP contribution in [0.1, 0.15) is 18.9 Å². The Morgan fingerprint density at radius 2 is 2.20 bits per heavy atom. The maximum absolute atomic E-state index is 6.07. The number of aromatic nitrogens is 2. The Kier molecular flexibility index (Phi) is 3.85. The largest absolute Gasteiger partial charge is 0.345 e. The van der Waals surface area contributed by atoms with E-state index in [2.05, 4.69) is 36.2 Å². The van der Waals surface area contributed by atoms with Crippen molar-refractivity contribution in [3.63, 3.8) is 0 Å². The molecule has 2 aromatic rings. The van der Waals surface area contributed by atoms with Gasteiger partial charge in [-0.15, -0.1) is 0 Å². The van der Waals surface area contributed by atoms with Crippen LogP contribution < -0.4 is 0 Å². The van der Waals surface area contributed by atoms with Gasteiger partial charge in [0.2, 0.25) is 0 Å². The van der Waals surface area contributed by atoms with E-state index in [4.69, 9.17) is 9.47 Å². The van der Waals surface area contributed by atoms with E-state index < -0.39 is 5.79 Å². The average molecular weight is 272 g/mol. The minimum absolute atomic E-state index is 0.147. The number of hydrogen-bond acceptors (Lipinski definition) is 3. The summed E-state index contributed by atoms with van der Waals surface area (Å²) in [5.74, 6) is -0.532. The van der Waals surface area contributed by atoms with E-state index in [0.29, 0.717) is 13.2 Å². The predicted octanol–water partition coefficient (Wildman–Crippen LogP) is 2.65. The number of benzene rings is 1. The lowest BCUT2D eigenvalue weighted by atomic mass is 10.0. The van der Waals surface area contributed by atoms with Gasteiger partial charge in [-0.3, -0.25) is 0 Å². The molecule has 1 fully saturated rings. The molecule has 1 aliphatic rings. The van der Waals surface area contributed by atoms with Crippen LogP contribution in [0.5, 0.6) is 0 Å². The summed E-state index contributed by atoms with van der Waals surface area (Å²) in [6.07, 6.45) is 7.47. The molecule has 0 N–H and O–H groups in total. The quantitative estimate of drug-likeness (QED) is 0.839. The Hall–Kier alpha value is -1.65. The van der Waals surface area contributed by atoms with Crippen LogP contribution in [0.4, 0.5) is 0 Å². The van der Waals surface area contributed by atoms with Crippen molar-refractivity contribution < 1.29 is 9.47 Å². The second-order valence-electron chi connectivity index (χ2n) is 5.37. The molecule has 4 nitrogen and oxygen atoms in total. The summed E-state index contributed by atoms with van der Waals surface area (Å²) in [5, 5.41) is 0. The van der Waals surface area contributed by atoms with E-state index in [9.17, 15) is 0 Å². The number of hydrogen-bond donors (Lipinski definition) is 0. The summed E-state index contributed by atoms with van der Waals surface area (Å²) < 4.78 is 14.1. The first-order valence-electron chi connectivity index (χ1n) is 7.07. The summed E-state index contributed by atoms with van der Waals surface area (Å²) >= 11 is 0. The van der Waals surface area contributed by atoms with Gasteiger partial charge in [0.05, 0.1) is 25.6 Å². The highest BCUT2D eigenvalue weighted by atomic mass is 16.7. The Labute approximate surface area is 119 Å². The average Bonchev–Trinajstić information content (AvgIpc) is 3.09. The number of imidazole rings is 1. The van der Waals surface area contributed by atoms with Gasteiger partial charge in [0.15, 0.2) is 5.79 Å². The van der Waals surface area contributed by atoms with Gasteiger partial charge in [-0.1, -0.05) is 30.3 Å². The molecule has 0 radical (unpaired) electrons. The molecule has 0 bridgehead atoms. The van der Waals surface area contributed by atoms with E-state index >= 15 is 0 Å². The van der Waals surface area contributed by atoms with Crippen LogP contribution in [0.25, 0.3) is 0 Å². The molecule has 0 amide bonds. The molecule has 2 atom stereocenters. The molecule has 0 unspecified atom stereocenters. The molecule has 1 aromatic heterocycles. The fourth-order valence-corrected chi connectivity index (χ4v) is 2.63. The Morgan fingerprint density at radius 1 is 1.35 bits per heavy atom. The molecule has 1 saturated heterocycles. The van der Waals surface area contributed by atoms with Crippen molar-refractivity contribution in [1.29, 1.82) is 0 Å². The number of aryl methyl sites for hydroxylation is 1. The van der Waals surface area contributed by atoms with Gasteiger partial charge >= 0.3 is 0 Å². The van der Waals surface area contributed by atoms with Gasteiger partial charge in [0.25, 0.3) is 0 Å². The van der Waals surface area contributed by atoms with Gasteiger partial charge in [0, 0.05) is 18.8 Å². The highest BCUT2D eigenvalue weighted by Crippen LogP contribution is 2.30. The lowest BCUT2D eigenvalue weighted by Crippen LogP contribution is -2.36. The third-order valence-corrected chi connectivity index (χ3v) is 3.62. The Morgan fingerprint density at radius 3 is 2.85 bits per heavy atom. The summed E-state index contributed by atoms with van der Waals surface area (Å²) in [4.78, 5) is 4.08. The third kappa shape index (κ3) is 3.08. The SMILES string of the molecule is C[C@@H]1CO[C@@](CCc2ccccc2)(Cn2ccnc2)O1. The first-order valence-corrected chi connectivity index (χ1v) is 7.07. The van der Waals surface area contributed by atoms with Crippen molar-refractivity contribution in [3.8, 4) is 0 Å². The van der Waals surface area contributed by atoms with E-state index in [1.54, 1.807) is 12.5 Å². The molecule has 20 heavy (non-hydrogen) atoms. The maximum atomic E-state index is 6.07. The van der Waals surface area contributed by atoms with Crippen LogP contribution in [-0.4, -0.2) is 28.0 Å². The van der Waals surface area contributed by atoms with Crippen molar-refractivity contribution in [2.75, 3.05) is 6.61 Å². The van der Waals surface area contributed by atoms with Crippen LogP contribution in [0.15, 0.2) is 49.1 Å². The van der Waals surface area contributed by atoms with Gasteiger partial charge in [-0.2, -0.15) is 0 Å². The van der Waals surface area contributed by atoms with Crippen LogP contribution in [-0.2, 0) is 22.4 Å². The summed E-state index contributed by atoms with van der Waals surface area (Å²) in [6, 6.07) is 10.5. The molecule has 106 valence electrons. The molecule has 0 spiro atoms. The first kappa shape index (κ1) is 13.3. The zero-order valence-electron chi connectivity index (χ0n) is 11.7. The normalized spacial score (nSPS) is 25.9. The Bertz CT molecular complexity index is 527. The highest BCUT2D eigenvalue weighted by molar-refractivity contribution is 5.15. The highest BCUT2D eigenvalue weighted by Gasteiger charge is 2.39.